The van der Waals surface area contributed by atoms with Gasteiger partial charge in [0.15, 0.2) is 0 Å². The van der Waals surface area contributed by atoms with Crippen molar-refractivity contribution in [1.82, 2.24) is 4.98 Å². The van der Waals surface area contributed by atoms with E-state index in [2.05, 4.69) is 17.2 Å². The average molecular weight is 204 g/mol. The third-order valence-corrected chi connectivity index (χ3v) is 2.47. The Morgan fingerprint density at radius 3 is 2.80 bits per heavy atom. The third-order valence-electron chi connectivity index (χ3n) is 2.47. The lowest BCUT2D eigenvalue weighted by atomic mass is 10.1. The molecule has 0 radical (unpaired) electrons. The van der Waals surface area contributed by atoms with E-state index in [1.165, 1.54) is 12.1 Å². The van der Waals surface area contributed by atoms with Crippen molar-refractivity contribution in [2.24, 2.45) is 0 Å². The summed E-state index contributed by atoms with van der Waals surface area (Å²) >= 11 is 0. The van der Waals surface area contributed by atoms with Crippen LogP contribution in [0.2, 0.25) is 0 Å². The smallest absolute Gasteiger partial charge is 0.129 e. The van der Waals surface area contributed by atoms with Crippen LogP contribution in [-0.4, -0.2) is 12.0 Å². The number of rotatable bonds is 2. The molecule has 2 rings (SSSR count). The van der Waals surface area contributed by atoms with Gasteiger partial charge in [0.05, 0.1) is 5.52 Å². The number of aromatic nitrogens is 1. The Bertz CT molecular complexity index is 494. The van der Waals surface area contributed by atoms with Crippen molar-refractivity contribution < 1.29 is 4.39 Å². The summed E-state index contributed by atoms with van der Waals surface area (Å²) in [7, 11) is 1.84. The monoisotopic (exact) mass is 204 g/mol. The summed E-state index contributed by atoms with van der Waals surface area (Å²) in [4.78, 5) is 4.43. The largest absolute Gasteiger partial charge is 0.373 e. The topological polar surface area (TPSA) is 24.9 Å². The highest BCUT2D eigenvalue weighted by Gasteiger charge is 2.04. The summed E-state index contributed by atoms with van der Waals surface area (Å²) in [5, 5.41) is 3.90. The van der Waals surface area contributed by atoms with Gasteiger partial charge in [-0.2, -0.15) is 0 Å². The summed E-state index contributed by atoms with van der Waals surface area (Å²) in [5.74, 6) is 0.653. The fourth-order valence-electron chi connectivity index (χ4n) is 1.68. The Morgan fingerprint density at radius 1 is 1.33 bits per heavy atom. The van der Waals surface area contributed by atoms with Crippen LogP contribution >= 0.6 is 0 Å². The average Bonchev–Trinajstić information content (AvgIpc) is 2.27. The standard InChI is InChI=1S/C12H13FN2/c1-3-8-6-9-7-10(13)4-5-11(9)15-12(8)14-2/h4-7H,3H2,1-2H3,(H,14,15). The molecule has 0 bridgehead atoms. The van der Waals surface area contributed by atoms with E-state index in [9.17, 15) is 4.39 Å². The van der Waals surface area contributed by atoms with Gasteiger partial charge >= 0.3 is 0 Å². The van der Waals surface area contributed by atoms with E-state index in [-0.39, 0.29) is 5.82 Å². The number of benzene rings is 1. The minimum atomic E-state index is -0.219. The van der Waals surface area contributed by atoms with Gasteiger partial charge in [-0.25, -0.2) is 9.37 Å². The molecule has 2 nitrogen and oxygen atoms in total. The van der Waals surface area contributed by atoms with E-state index < -0.39 is 0 Å². The van der Waals surface area contributed by atoms with E-state index in [0.717, 1.165) is 28.7 Å². The molecule has 0 aliphatic rings. The lowest BCUT2D eigenvalue weighted by Gasteiger charge is -2.08. The molecule has 1 aromatic heterocycles. The number of halogens is 1. The highest BCUT2D eigenvalue weighted by atomic mass is 19.1. The van der Waals surface area contributed by atoms with Crippen LogP contribution in [-0.2, 0) is 6.42 Å². The molecule has 1 N–H and O–H groups in total. The van der Waals surface area contributed by atoms with Crippen molar-refractivity contribution in [3.05, 3.63) is 35.6 Å². The molecule has 0 saturated carbocycles. The first kappa shape index (κ1) is 9.90. The molecule has 78 valence electrons. The third kappa shape index (κ3) is 1.77. The van der Waals surface area contributed by atoms with E-state index in [1.807, 2.05) is 13.1 Å². The van der Waals surface area contributed by atoms with Crippen molar-refractivity contribution in [3.63, 3.8) is 0 Å². The molecule has 0 amide bonds. The second-order valence-corrected chi connectivity index (χ2v) is 3.44. The summed E-state index contributed by atoms with van der Waals surface area (Å²) in [6.45, 7) is 2.06. The quantitative estimate of drug-likeness (QED) is 0.813. The Hall–Kier alpha value is -1.64. The van der Waals surface area contributed by atoms with Gasteiger partial charge in [-0.15, -0.1) is 0 Å². The van der Waals surface area contributed by atoms with Gasteiger partial charge in [0, 0.05) is 12.4 Å². The summed E-state index contributed by atoms with van der Waals surface area (Å²) in [5.41, 5.74) is 1.92. The van der Waals surface area contributed by atoms with Crippen LogP contribution in [0.5, 0.6) is 0 Å². The number of fused-ring (bicyclic) bond motifs is 1. The van der Waals surface area contributed by atoms with E-state index >= 15 is 0 Å². The van der Waals surface area contributed by atoms with Crippen molar-refractivity contribution in [2.75, 3.05) is 12.4 Å². The lowest BCUT2D eigenvalue weighted by Crippen LogP contribution is -1.98. The van der Waals surface area contributed by atoms with Crippen molar-refractivity contribution in [2.45, 2.75) is 13.3 Å². The van der Waals surface area contributed by atoms with Gasteiger partial charge in [0.25, 0.3) is 0 Å². The summed E-state index contributed by atoms with van der Waals surface area (Å²) in [6, 6.07) is 6.63. The van der Waals surface area contributed by atoms with E-state index in [0.29, 0.717) is 0 Å². The molecular weight excluding hydrogens is 191 g/mol. The number of pyridine rings is 1. The SMILES string of the molecule is CCc1cc2cc(F)ccc2nc1NC. The summed E-state index contributed by atoms with van der Waals surface area (Å²) in [6.07, 6.45) is 0.885. The maximum Gasteiger partial charge on any atom is 0.129 e. The Morgan fingerprint density at radius 2 is 2.13 bits per heavy atom. The fraction of sp³-hybridized carbons (Fsp3) is 0.250. The van der Waals surface area contributed by atoms with Crippen molar-refractivity contribution in [1.29, 1.82) is 0 Å². The highest BCUT2D eigenvalue weighted by Crippen LogP contribution is 2.21. The maximum absolute atomic E-state index is 13.0. The van der Waals surface area contributed by atoms with Crippen LogP contribution in [0.4, 0.5) is 10.2 Å². The van der Waals surface area contributed by atoms with Crippen molar-refractivity contribution >= 4 is 16.7 Å². The van der Waals surface area contributed by atoms with Crippen LogP contribution in [0.25, 0.3) is 10.9 Å². The number of nitrogens with one attached hydrogen (secondary N) is 1. The van der Waals surface area contributed by atoms with Crippen molar-refractivity contribution in [3.8, 4) is 0 Å². The predicted molar refractivity (Wildman–Crippen MR) is 60.6 cm³/mol. The Balaban J connectivity index is 2.69. The molecular formula is C12H13FN2. The van der Waals surface area contributed by atoms with Gasteiger partial charge in [0.2, 0.25) is 0 Å². The second kappa shape index (κ2) is 3.85. The number of anilines is 1. The molecule has 0 unspecified atom stereocenters. The minimum Gasteiger partial charge on any atom is -0.373 e. The Labute approximate surface area is 88.1 Å². The zero-order valence-corrected chi connectivity index (χ0v) is 8.84. The predicted octanol–water partition coefficient (Wildman–Crippen LogP) is 2.98. The minimum absolute atomic E-state index is 0.219. The number of hydrogen-bond acceptors (Lipinski definition) is 2. The fourth-order valence-corrected chi connectivity index (χ4v) is 1.68. The first-order chi connectivity index (χ1) is 7.24. The van der Waals surface area contributed by atoms with Crippen LogP contribution in [0.1, 0.15) is 12.5 Å². The molecule has 0 spiro atoms. The molecule has 0 fully saturated rings. The van der Waals surface area contributed by atoms with Gasteiger partial charge in [-0.1, -0.05) is 6.92 Å². The first-order valence-corrected chi connectivity index (χ1v) is 5.01. The van der Waals surface area contributed by atoms with Crippen LogP contribution < -0.4 is 5.32 Å². The van der Waals surface area contributed by atoms with E-state index in [1.54, 1.807) is 6.07 Å². The molecule has 0 saturated heterocycles. The second-order valence-electron chi connectivity index (χ2n) is 3.44. The molecule has 3 heteroatoms. The lowest BCUT2D eigenvalue weighted by molar-refractivity contribution is 0.629. The van der Waals surface area contributed by atoms with Gasteiger partial charge in [0.1, 0.15) is 11.6 Å². The van der Waals surface area contributed by atoms with Crippen LogP contribution in [0, 0.1) is 5.82 Å². The first-order valence-electron chi connectivity index (χ1n) is 5.01. The molecule has 0 aliphatic heterocycles. The molecule has 0 atom stereocenters. The van der Waals surface area contributed by atoms with Crippen LogP contribution in [0.3, 0.4) is 0 Å². The maximum atomic E-state index is 13.0. The molecule has 15 heavy (non-hydrogen) atoms. The summed E-state index contributed by atoms with van der Waals surface area (Å²) < 4.78 is 13.0. The molecule has 1 heterocycles. The number of aryl methyl sites for hydroxylation is 1. The van der Waals surface area contributed by atoms with Crippen LogP contribution in [0.15, 0.2) is 24.3 Å². The molecule has 1 aromatic carbocycles. The van der Waals surface area contributed by atoms with Gasteiger partial charge < -0.3 is 5.32 Å². The van der Waals surface area contributed by atoms with E-state index in [4.69, 9.17) is 0 Å². The Kier molecular flexibility index (Phi) is 2.54. The number of nitrogens with zero attached hydrogens (tertiary/aromatic N) is 1. The normalized spacial score (nSPS) is 10.6. The van der Waals surface area contributed by atoms with Gasteiger partial charge in [-0.05, 0) is 36.2 Å². The molecule has 0 aliphatic carbocycles. The van der Waals surface area contributed by atoms with Gasteiger partial charge in [-0.3, -0.25) is 0 Å². The zero-order chi connectivity index (χ0) is 10.8. The molecule has 2 aromatic rings. The highest BCUT2D eigenvalue weighted by molar-refractivity contribution is 5.81. The zero-order valence-electron chi connectivity index (χ0n) is 8.84. The number of hydrogen-bond donors (Lipinski definition) is 1.